The summed E-state index contributed by atoms with van der Waals surface area (Å²) in [5, 5.41) is 11.9. The molecule has 1 aromatic rings. The number of nitrogens with one attached hydrogen (secondary N) is 1. The molecule has 0 aliphatic heterocycles. The summed E-state index contributed by atoms with van der Waals surface area (Å²) < 4.78 is 0. The quantitative estimate of drug-likeness (QED) is 0.788. The molecule has 1 aliphatic carbocycles. The molecule has 1 aromatic carbocycles. The van der Waals surface area contributed by atoms with E-state index in [1.54, 1.807) is 31.3 Å². The van der Waals surface area contributed by atoms with Crippen molar-refractivity contribution in [2.45, 2.75) is 12.5 Å². The van der Waals surface area contributed by atoms with Crippen LogP contribution in [0.15, 0.2) is 42.5 Å². The molecule has 2 amide bonds. The van der Waals surface area contributed by atoms with Crippen molar-refractivity contribution in [1.82, 2.24) is 10.2 Å². The zero-order valence-electron chi connectivity index (χ0n) is 12.0. The van der Waals surface area contributed by atoms with Crippen LogP contribution in [0.5, 0.6) is 0 Å². The summed E-state index contributed by atoms with van der Waals surface area (Å²) in [4.78, 5) is 25.4. The number of aliphatic hydroxyl groups is 1. The Kier molecular flexibility index (Phi) is 5.11. The van der Waals surface area contributed by atoms with Crippen LogP contribution in [0.3, 0.4) is 0 Å². The Morgan fingerprint density at radius 2 is 2.00 bits per heavy atom. The Balaban J connectivity index is 1.83. The predicted molar refractivity (Wildman–Crippen MR) is 79.7 cm³/mol. The lowest BCUT2D eigenvalue weighted by molar-refractivity contribution is -0.122. The first-order valence-electron chi connectivity index (χ1n) is 6.99. The SMILES string of the molecule is CN(CC(=O)N[C@@H]1C=C[C@H](CO)C1)C(=O)c1ccccc1. The molecule has 0 bridgehead atoms. The molecule has 0 aromatic heterocycles. The van der Waals surface area contributed by atoms with Gasteiger partial charge < -0.3 is 15.3 Å². The summed E-state index contributed by atoms with van der Waals surface area (Å²) in [6.07, 6.45) is 4.50. The Labute approximate surface area is 124 Å². The van der Waals surface area contributed by atoms with Gasteiger partial charge in [-0.05, 0) is 18.6 Å². The van der Waals surface area contributed by atoms with Crippen LogP contribution in [0.4, 0.5) is 0 Å². The second kappa shape index (κ2) is 7.04. The largest absolute Gasteiger partial charge is 0.396 e. The number of hydrogen-bond donors (Lipinski definition) is 2. The minimum atomic E-state index is -0.199. The summed E-state index contributed by atoms with van der Waals surface area (Å²) in [5.41, 5.74) is 0.564. The summed E-state index contributed by atoms with van der Waals surface area (Å²) >= 11 is 0. The van der Waals surface area contributed by atoms with Gasteiger partial charge in [0.05, 0.1) is 6.54 Å². The number of amides is 2. The number of aliphatic hydroxyl groups excluding tert-OH is 1. The van der Waals surface area contributed by atoms with Gasteiger partial charge in [0, 0.05) is 31.2 Å². The van der Waals surface area contributed by atoms with Crippen LogP contribution in [-0.4, -0.2) is 48.1 Å². The fourth-order valence-corrected chi connectivity index (χ4v) is 2.36. The van der Waals surface area contributed by atoms with Crippen molar-refractivity contribution in [2.75, 3.05) is 20.2 Å². The third-order valence-electron chi connectivity index (χ3n) is 3.50. The van der Waals surface area contributed by atoms with Gasteiger partial charge in [-0.1, -0.05) is 30.4 Å². The molecule has 2 rings (SSSR count). The van der Waals surface area contributed by atoms with Gasteiger partial charge in [0.1, 0.15) is 0 Å². The molecule has 5 heteroatoms. The summed E-state index contributed by atoms with van der Waals surface area (Å²) in [6, 6.07) is 8.81. The highest BCUT2D eigenvalue weighted by molar-refractivity contribution is 5.96. The van der Waals surface area contributed by atoms with Crippen molar-refractivity contribution >= 4 is 11.8 Å². The predicted octanol–water partition coefficient (Wildman–Crippen LogP) is 0.812. The van der Waals surface area contributed by atoms with Gasteiger partial charge in [0.25, 0.3) is 5.91 Å². The van der Waals surface area contributed by atoms with Crippen LogP contribution in [0.1, 0.15) is 16.8 Å². The van der Waals surface area contributed by atoms with E-state index in [4.69, 9.17) is 5.11 Å². The molecular formula is C16H20N2O3. The maximum Gasteiger partial charge on any atom is 0.254 e. The lowest BCUT2D eigenvalue weighted by Gasteiger charge is -2.19. The average molecular weight is 288 g/mol. The van der Waals surface area contributed by atoms with Crippen LogP contribution >= 0.6 is 0 Å². The van der Waals surface area contributed by atoms with E-state index in [-0.39, 0.29) is 36.9 Å². The summed E-state index contributed by atoms with van der Waals surface area (Å²) in [5.74, 6) is -0.269. The second-order valence-corrected chi connectivity index (χ2v) is 5.26. The Hall–Kier alpha value is -2.14. The Bertz CT molecular complexity index is 528. The number of carbonyl (C=O) groups excluding carboxylic acids is 2. The third-order valence-corrected chi connectivity index (χ3v) is 3.50. The van der Waals surface area contributed by atoms with Gasteiger partial charge in [0.2, 0.25) is 5.91 Å². The first-order chi connectivity index (χ1) is 10.1. The first kappa shape index (κ1) is 15.3. The van der Waals surface area contributed by atoms with Crippen molar-refractivity contribution in [3.63, 3.8) is 0 Å². The molecule has 2 N–H and O–H groups in total. The number of likely N-dealkylation sites (N-methyl/N-ethyl adjacent to an activating group) is 1. The number of hydrogen-bond acceptors (Lipinski definition) is 3. The highest BCUT2D eigenvalue weighted by Crippen LogP contribution is 2.16. The highest BCUT2D eigenvalue weighted by Gasteiger charge is 2.21. The van der Waals surface area contributed by atoms with Crippen molar-refractivity contribution in [1.29, 1.82) is 0 Å². The van der Waals surface area contributed by atoms with Crippen molar-refractivity contribution < 1.29 is 14.7 Å². The number of carbonyl (C=O) groups is 2. The molecule has 5 nitrogen and oxygen atoms in total. The second-order valence-electron chi connectivity index (χ2n) is 5.26. The van der Waals surface area contributed by atoms with Gasteiger partial charge >= 0.3 is 0 Å². The van der Waals surface area contributed by atoms with E-state index in [1.165, 1.54) is 4.90 Å². The standard InChI is InChI=1S/C16H20N2O3/c1-18(16(21)13-5-3-2-4-6-13)10-15(20)17-14-8-7-12(9-14)11-19/h2-8,12,14,19H,9-11H2,1H3,(H,17,20)/t12-,14+/m0/s1. The van der Waals surface area contributed by atoms with Gasteiger partial charge in [-0.3, -0.25) is 9.59 Å². The molecule has 0 spiro atoms. The minimum Gasteiger partial charge on any atom is -0.396 e. The fourth-order valence-electron chi connectivity index (χ4n) is 2.36. The van der Waals surface area contributed by atoms with E-state index < -0.39 is 0 Å². The van der Waals surface area contributed by atoms with Crippen molar-refractivity contribution in [2.24, 2.45) is 5.92 Å². The van der Waals surface area contributed by atoms with Gasteiger partial charge in [0.15, 0.2) is 0 Å². The average Bonchev–Trinajstić information content (AvgIpc) is 2.94. The van der Waals surface area contributed by atoms with Crippen LogP contribution in [0.25, 0.3) is 0 Å². The van der Waals surface area contributed by atoms with Crippen LogP contribution in [0, 0.1) is 5.92 Å². The lowest BCUT2D eigenvalue weighted by atomic mass is 10.1. The molecule has 0 fully saturated rings. The molecule has 0 radical (unpaired) electrons. The molecule has 0 saturated carbocycles. The van der Waals surface area contributed by atoms with E-state index in [2.05, 4.69) is 5.32 Å². The van der Waals surface area contributed by atoms with Crippen LogP contribution < -0.4 is 5.32 Å². The fraction of sp³-hybridized carbons (Fsp3) is 0.375. The van der Waals surface area contributed by atoms with Gasteiger partial charge in [-0.25, -0.2) is 0 Å². The Morgan fingerprint density at radius 1 is 1.29 bits per heavy atom. The molecule has 112 valence electrons. The van der Waals surface area contributed by atoms with Crippen LogP contribution in [-0.2, 0) is 4.79 Å². The maximum atomic E-state index is 12.1. The molecule has 0 saturated heterocycles. The molecule has 2 atom stereocenters. The van der Waals surface area contributed by atoms with E-state index in [9.17, 15) is 9.59 Å². The normalized spacial score (nSPS) is 20.3. The van der Waals surface area contributed by atoms with Gasteiger partial charge in [-0.2, -0.15) is 0 Å². The number of rotatable bonds is 5. The zero-order chi connectivity index (χ0) is 15.2. The highest BCUT2D eigenvalue weighted by atomic mass is 16.3. The molecule has 21 heavy (non-hydrogen) atoms. The summed E-state index contributed by atoms with van der Waals surface area (Å²) in [7, 11) is 1.61. The molecular weight excluding hydrogens is 268 g/mol. The lowest BCUT2D eigenvalue weighted by Crippen LogP contribution is -2.41. The molecule has 1 aliphatic rings. The van der Waals surface area contributed by atoms with E-state index in [0.29, 0.717) is 12.0 Å². The monoisotopic (exact) mass is 288 g/mol. The van der Waals surface area contributed by atoms with E-state index >= 15 is 0 Å². The first-order valence-corrected chi connectivity index (χ1v) is 6.99. The molecule has 0 unspecified atom stereocenters. The minimum absolute atomic E-state index is 0.0157. The number of benzene rings is 1. The maximum absolute atomic E-state index is 12.1. The van der Waals surface area contributed by atoms with Crippen molar-refractivity contribution in [3.05, 3.63) is 48.0 Å². The smallest absolute Gasteiger partial charge is 0.254 e. The van der Waals surface area contributed by atoms with Crippen LogP contribution in [0.2, 0.25) is 0 Å². The topological polar surface area (TPSA) is 69.6 Å². The van der Waals surface area contributed by atoms with E-state index in [1.807, 2.05) is 18.2 Å². The summed E-state index contributed by atoms with van der Waals surface area (Å²) in [6.45, 7) is 0.108. The van der Waals surface area contributed by atoms with Crippen molar-refractivity contribution in [3.8, 4) is 0 Å². The third kappa shape index (κ3) is 4.16. The van der Waals surface area contributed by atoms with Gasteiger partial charge in [-0.15, -0.1) is 0 Å². The Morgan fingerprint density at radius 3 is 2.62 bits per heavy atom. The number of nitrogens with zero attached hydrogens (tertiary/aromatic N) is 1. The van der Waals surface area contributed by atoms with E-state index in [0.717, 1.165) is 0 Å². The zero-order valence-corrected chi connectivity index (χ0v) is 12.0. The molecule has 0 heterocycles.